The highest BCUT2D eigenvalue weighted by Gasteiger charge is 2.35. The van der Waals surface area contributed by atoms with Gasteiger partial charge in [0.05, 0.1) is 10.0 Å². The van der Waals surface area contributed by atoms with E-state index in [2.05, 4.69) is 27.7 Å². The Morgan fingerprint density at radius 1 is 0.935 bits per heavy atom. The molecular weight excluding hydrogens is 453 g/mol. The van der Waals surface area contributed by atoms with E-state index in [0.29, 0.717) is 27.7 Å². The second-order valence-corrected chi connectivity index (χ2v) is 9.89. The summed E-state index contributed by atoms with van der Waals surface area (Å²) < 4.78 is 0. The summed E-state index contributed by atoms with van der Waals surface area (Å²) in [5, 5.41) is 7.76. The van der Waals surface area contributed by atoms with Crippen molar-refractivity contribution in [3.05, 3.63) is 63.1 Å². The van der Waals surface area contributed by atoms with Gasteiger partial charge in [-0.05, 0) is 93.4 Å². The van der Waals surface area contributed by atoms with Crippen LogP contribution < -0.4 is 10.6 Å². The first-order chi connectivity index (χ1) is 15.0. The van der Waals surface area contributed by atoms with E-state index in [9.17, 15) is 4.79 Å². The van der Waals surface area contributed by atoms with Crippen molar-refractivity contribution in [2.24, 2.45) is 5.92 Å². The molecule has 1 saturated carbocycles. The maximum Gasteiger partial charge on any atom is 0.319 e. The number of hydrogen-bond acceptors (Lipinski definition) is 2. The van der Waals surface area contributed by atoms with Crippen LogP contribution in [0.1, 0.15) is 37.7 Å². The first kappa shape index (κ1) is 22.7. The second kappa shape index (κ2) is 10.4. The minimum absolute atomic E-state index is 0.176. The molecule has 2 atom stereocenters. The first-order valence-electron chi connectivity index (χ1n) is 11.0. The van der Waals surface area contributed by atoms with Crippen LogP contribution in [0.4, 0.5) is 10.5 Å². The van der Waals surface area contributed by atoms with Crippen molar-refractivity contribution in [3.8, 4) is 0 Å². The Hall–Kier alpha value is -1.46. The van der Waals surface area contributed by atoms with E-state index in [0.717, 1.165) is 43.8 Å². The monoisotopic (exact) mass is 479 g/mol. The van der Waals surface area contributed by atoms with Crippen molar-refractivity contribution in [1.29, 1.82) is 0 Å². The number of piperidine rings is 1. The van der Waals surface area contributed by atoms with Gasteiger partial charge < -0.3 is 10.6 Å². The van der Waals surface area contributed by atoms with Crippen LogP contribution >= 0.6 is 34.8 Å². The Balaban J connectivity index is 1.27. The van der Waals surface area contributed by atoms with Crippen LogP contribution in [-0.2, 0) is 6.42 Å². The van der Waals surface area contributed by atoms with Crippen molar-refractivity contribution < 1.29 is 4.79 Å². The van der Waals surface area contributed by atoms with Gasteiger partial charge in [0.25, 0.3) is 0 Å². The van der Waals surface area contributed by atoms with Gasteiger partial charge in [0.15, 0.2) is 0 Å². The number of halogens is 3. The van der Waals surface area contributed by atoms with Gasteiger partial charge in [0.2, 0.25) is 0 Å². The zero-order valence-corrected chi connectivity index (χ0v) is 19.7. The van der Waals surface area contributed by atoms with Gasteiger partial charge in [-0.2, -0.15) is 0 Å². The van der Waals surface area contributed by atoms with E-state index in [4.69, 9.17) is 34.8 Å². The molecule has 1 aliphatic carbocycles. The third-order valence-corrected chi connectivity index (χ3v) is 7.52. The van der Waals surface area contributed by atoms with Crippen molar-refractivity contribution >= 4 is 46.5 Å². The van der Waals surface area contributed by atoms with Crippen molar-refractivity contribution in [2.45, 2.75) is 50.6 Å². The number of nitrogens with one attached hydrogen (secondary N) is 2. The van der Waals surface area contributed by atoms with Crippen LogP contribution in [0.5, 0.6) is 0 Å². The van der Waals surface area contributed by atoms with Crippen molar-refractivity contribution in [2.75, 3.05) is 18.4 Å². The number of carbonyl (C=O) groups is 1. The molecule has 1 heterocycles. The third-order valence-electron chi connectivity index (χ3n) is 6.53. The van der Waals surface area contributed by atoms with E-state index >= 15 is 0 Å². The predicted molar refractivity (Wildman–Crippen MR) is 129 cm³/mol. The van der Waals surface area contributed by atoms with Gasteiger partial charge in [-0.1, -0.05) is 46.9 Å². The van der Waals surface area contributed by atoms with Crippen molar-refractivity contribution in [3.63, 3.8) is 0 Å². The van der Waals surface area contributed by atoms with Gasteiger partial charge >= 0.3 is 6.03 Å². The number of anilines is 1. The van der Waals surface area contributed by atoms with E-state index in [1.54, 1.807) is 18.2 Å². The second-order valence-electron chi connectivity index (χ2n) is 8.64. The molecule has 2 unspecified atom stereocenters. The maximum absolute atomic E-state index is 12.5. The average molecular weight is 481 g/mol. The first-order valence-corrected chi connectivity index (χ1v) is 12.1. The lowest BCUT2D eigenvalue weighted by molar-refractivity contribution is 0.119. The number of benzene rings is 2. The summed E-state index contributed by atoms with van der Waals surface area (Å²) in [5.74, 6) is 0.711. The number of amides is 2. The smallest absolute Gasteiger partial charge is 0.319 e. The molecule has 2 N–H and O–H groups in total. The highest BCUT2D eigenvalue weighted by molar-refractivity contribution is 6.42. The molecule has 1 aliphatic heterocycles. The Kier molecular flexibility index (Phi) is 7.65. The number of nitrogens with zero attached hydrogens (tertiary/aromatic N) is 1. The summed E-state index contributed by atoms with van der Waals surface area (Å²) in [6.07, 6.45) is 6.81. The molecular formula is C24H28Cl3N3O. The topological polar surface area (TPSA) is 44.4 Å². The summed E-state index contributed by atoms with van der Waals surface area (Å²) in [5.41, 5.74) is 2.01. The molecule has 2 aliphatic rings. The summed E-state index contributed by atoms with van der Waals surface area (Å²) in [6, 6.07) is 13.7. The summed E-state index contributed by atoms with van der Waals surface area (Å²) >= 11 is 18.0. The van der Waals surface area contributed by atoms with Gasteiger partial charge in [0, 0.05) is 22.8 Å². The van der Waals surface area contributed by atoms with Crippen molar-refractivity contribution in [1.82, 2.24) is 10.2 Å². The van der Waals surface area contributed by atoms with Gasteiger partial charge in [-0.15, -0.1) is 0 Å². The standard InChI is InChI=1S/C24H28Cl3N3O/c25-18-6-4-16(5-7-18)14-17-10-12-30(13-11-17)23-3-1-2-22(23)29-24(31)28-19-8-9-20(26)21(27)15-19/h4-9,15,17,22-23H,1-3,10-14H2,(H2,28,29,31). The van der Waals surface area contributed by atoms with Gasteiger partial charge in [-0.3, -0.25) is 4.90 Å². The van der Waals surface area contributed by atoms with E-state index in [1.807, 2.05) is 12.1 Å². The molecule has 0 radical (unpaired) electrons. The highest BCUT2D eigenvalue weighted by Crippen LogP contribution is 2.30. The molecule has 0 spiro atoms. The highest BCUT2D eigenvalue weighted by atomic mass is 35.5. The largest absolute Gasteiger partial charge is 0.334 e. The summed E-state index contributed by atoms with van der Waals surface area (Å²) in [7, 11) is 0. The number of rotatable bonds is 5. The SMILES string of the molecule is O=C(Nc1ccc(Cl)c(Cl)c1)NC1CCCC1N1CCC(Cc2ccc(Cl)cc2)CC1. The van der Waals surface area contributed by atoms with E-state index < -0.39 is 0 Å². The van der Waals surface area contributed by atoms with E-state index in [-0.39, 0.29) is 12.1 Å². The van der Waals surface area contributed by atoms with Crippen LogP contribution in [0, 0.1) is 5.92 Å². The van der Waals surface area contributed by atoms with Crippen LogP contribution in [0.3, 0.4) is 0 Å². The molecule has 7 heteroatoms. The molecule has 0 bridgehead atoms. The normalized spacial score (nSPS) is 22.4. The average Bonchev–Trinajstić information content (AvgIpc) is 3.21. The molecule has 2 amide bonds. The summed E-state index contributed by atoms with van der Waals surface area (Å²) in [6.45, 7) is 2.19. The molecule has 2 aromatic rings. The fourth-order valence-corrected chi connectivity index (χ4v) is 5.32. The quantitative estimate of drug-likeness (QED) is 0.503. The Labute approximate surface area is 199 Å². The Bertz CT molecular complexity index is 897. The van der Waals surface area contributed by atoms with Crippen LogP contribution in [0.2, 0.25) is 15.1 Å². The lowest BCUT2D eigenvalue weighted by atomic mass is 9.89. The zero-order chi connectivity index (χ0) is 21.8. The number of carbonyl (C=O) groups excluding carboxylic acids is 1. The summed E-state index contributed by atoms with van der Waals surface area (Å²) in [4.78, 5) is 15.1. The number of hydrogen-bond donors (Lipinski definition) is 2. The van der Waals surface area contributed by atoms with E-state index in [1.165, 1.54) is 18.4 Å². The Morgan fingerprint density at radius 2 is 1.68 bits per heavy atom. The molecule has 1 saturated heterocycles. The number of likely N-dealkylation sites (tertiary alicyclic amines) is 1. The minimum atomic E-state index is -0.187. The van der Waals surface area contributed by atoms with Gasteiger partial charge in [0.1, 0.15) is 0 Å². The Morgan fingerprint density at radius 3 is 2.39 bits per heavy atom. The predicted octanol–water partition coefficient (Wildman–Crippen LogP) is 6.64. The zero-order valence-electron chi connectivity index (χ0n) is 17.4. The number of urea groups is 1. The van der Waals surface area contributed by atoms with Gasteiger partial charge in [-0.25, -0.2) is 4.79 Å². The molecule has 2 fully saturated rings. The lowest BCUT2D eigenvalue weighted by Gasteiger charge is -2.38. The fraction of sp³-hybridized carbons (Fsp3) is 0.458. The molecule has 0 aromatic heterocycles. The molecule has 4 nitrogen and oxygen atoms in total. The fourth-order valence-electron chi connectivity index (χ4n) is 4.90. The molecule has 2 aromatic carbocycles. The molecule has 4 rings (SSSR count). The third kappa shape index (κ3) is 6.07. The van der Waals surface area contributed by atoms with Crippen LogP contribution in [-0.4, -0.2) is 36.1 Å². The maximum atomic E-state index is 12.5. The molecule has 166 valence electrons. The van der Waals surface area contributed by atoms with Crippen LogP contribution in [0.25, 0.3) is 0 Å². The molecule has 31 heavy (non-hydrogen) atoms. The minimum Gasteiger partial charge on any atom is -0.334 e. The lowest BCUT2D eigenvalue weighted by Crippen LogP contribution is -2.52. The van der Waals surface area contributed by atoms with Crippen LogP contribution in [0.15, 0.2) is 42.5 Å².